The van der Waals surface area contributed by atoms with E-state index in [0.717, 1.165) is 10.0 Å². The molecule has 6 heteroatoms. The lowest BCUT2D eigenvalue weighted by atomic mass is 10.1. The molecule has 2 aromatic rings. The van der Waals surface area contributed by atoms with Crippen molar-refractivity contribution < 1.29 is 9.59 Å². The smallest absolute Gasteiger partial charge is 0.225 e. The number of pyridine rings is 1. The van der Waals surface area contributed by atoms with E-state index in [4.69, 9.17) is 11.6 Å². The maximum absolute atomic E-state index is 12.0. The highest BCUT2D eigenvalue weighted by molar-refractivity contribution is 9.10. The van der Waals surface area contributed by atoms with Crippen LogP contribution in [0.1, 0.15) is 28.8 Å². The second-order valence-electron chi connectivity index (χ2n) is 4.80. The summed E-state index contributed by atoms with van der Waals surface area (Å²) in [6, 6.07) is 8.49. The number of carbonyl (C=O) groups is 2. The SMILES string of the molecule is Cc1cc(Br)cnc1NC(=O)CCC(=O)c1ccc(Cl)cc1. The summed E-state index contributed by atoms with van der Waals surface area (Å²) in [7, 11) is 0. The molecule has 1 aromatic heterocycles. The zero-order valence-electron chi connectivity index (χ0n) is 11.9. The van der Waals surface area contributed by atoms with Gasteiger partial charge in [0.05, 0.1) is 0 Å². The zero-order chi connectivity index (χ0) is 16.1. The van der Waals surface area contributed by atoms with Gasteiger partial charge in [0.2, 0.25) is 5.91 Å². The third-order valence-corrected chi connectivity index (χ3v) is 3.73. The zero-order valence-corrected chi connectivity index (χ0v) is 14.2. The minimum atomic E-state index is -0.236. The number of hydrogen-bond acceptors (Lipinski definition) is 3. The molecule has 4 nitrogen and oxygen atoms in total. The molecule has 1 amide bonds. The second-order valence-corrected chi connectivity index (χ2v) is 6.15. The van der Waals surface area contributed by atoms with Crippen LogP contribution >= 0.6 is 27.5 Å². The molecular weight excluding hydrogens is 368 g/mol. The van der Waals surface area contributed by atoms with Gasteiger partial charge < -0.3 is 5.32 Å². The molecule has 1 aromatic carbocycles. The van der Waals surface area contributed by atoms with Crippen molar-refractivity contribution in [2.75, 3.05) is 5.32 Å². The molecular formula is C16H14BrClN2O2. The first-order valence-electron chi connectivity index (χ1n) is 6.66. The van der Waals surface area contributed by atoms with Crippen molar-refractivity contribution in [3.05, 3.63) is 57.2 Å². The number of anilines is 1. The van der Waals surface area contributed by atoms with Crippen LogP contribution in [-0.2, 0) is 4.79 Å². The molecule has 0 fully saturated rings. The van der Waals surface area contributed by atoms with Crippen molar-refractivity contribution in [3.8, 4) is 0 Å². The van der Waals surface area contributed by atoms with Gasteiger partial charge in [-0.05, 0) is 58.7 Å². The fourth-order valence-electron chi connectivity index (χ4n) is 1.87. The van der Waals surface area contributed by atoms with Crippen LogP contribution in [0.25, 0.3) is 0 Å². The summed E-state index contributed by atoms with van der Waals surface area (Å²) in [5.74, 6) is 0.180. The van der Waals surface area contributed by atoms with Gasteiger partial charge in [-0.25, -0.2) is 4.98 Å². The third-order valence-electron chi connectivity index (χ3n) is 3.05. The highest BCUT2D eigenvalue weighted by Crippen LogP contribution is 2.17. The summed E-state index contributed by atoms with van der Waals surface area (Å²) in [4.78, 5) is 28.0. The number of nitrogens with one attached hydrogen (secondary N) is 1. The number of halogens is 2. The van der Waals surface area contributed by atoms with Gasteiger partial charge >= 0.3 is 0 Å². The Morgan fingerprint density at radius 2 is 1.91 bits per heavy atom. The van der Waals surface area contributed by atoms with Crippen molar-refractivity contribution in [1.29, 1.82) is 0 Å². The number of amides is 1. The van der Waals surface area contributed by atoms with Gasteiger partial charge in [0.25, 0.3) is 0 Å². The molecule has 0 saturated heterocycles. The molecule has 1 heterocycles. The second kappa shape index (κ2) is 7.51. The van der Waals surface area contributed by atoms with E-state index < -0.39 is 0 Å². The molecule has 0 unspecified atom stereocenters. The monoisotopic (exact) mass is 380 g/mol. The van der Waals surface area contributed by atoms with Crippen LogP contribution in [0.2, 0.25) is 5.02 Å². The number of nitrogens with zero attached hydrogens (tertiary/aromatic N) is 1. The Morgan fingerprint density at radius 3 is 2.55 bits per heavy atom. The van der Waals surface area contributed by atoms with E-state index in [2.05, 4.69) is 26.2 Å². The molecule has 0 aliphatic heterocycles. The van der Waals surface area contributed by atoms with Crippen LogP contribution in [0.4, 0.5) is 5.82 Å². The number of carbonyl (C=O) groups excluding carboxylic acids is 2. The van der Waals surface area contributed by atoms with E-state index in [1.807, 2.05) is 13.0 Å². The van der Waals surface area contributed by atoms with Crippen molar-refractivity contribution in [2.24, 2.45) is 0 Å². The Kier molecular flexibility index (Phi) is 5.69. The standard InChI is InChI=1S/C16H14BrClN2O2/c1-10-8-12(17)9-19-16(10)20-15(22)7-6-14(21)11-2-4-13(18)5-3-11/h2-5,8-9H,6-7H2,1H3,(H,19,20,22). The van der Waals surface area contributed by atoms with Crippen LogP contribution in [0.5, 0.6) is 0 Å². The molecule has 0 aliphatic carbocycles. The molecule has 1 N–H and O–H groups in total. The lowest BCUT2D eigenvalue weighted by Crippen LogP contribution is -2.15. The van der Waals surface area contributed by atoms with Crippen molar-refractivity contribution in [3.63, 3.8) is 0 Å². The first-order chi connectivity index (χ1) is 10.5. The fourth-order valence-corrected chi connectivity index (χ4v) is 2.44. The van der Waals surface area contributed by atoms with Gasteiger partial charge in [-0.15, -0.1) is 0 Å². The maximum Gasteiger partial charge on any atom is 0.225 e. The van der Waals surface area contributed by atoms with Gasteiger partial charge in [0.15, 0.2) is 5.78 Å². The Balaban J connectivity index is 1.89. The predicted octanol–water partition coefficient (Wildman–Crippen LogP) is 4.41. The summed E-state index contributed by atoms with van der Waals surface area (Å²) < 4.78 is 0.848. The molecule has 0 aliphatic rings. The Bertz CT molecular complexity index is 702. The predicted molar refractivity (Wildman–Crippen MR) is 90.3 cm³/mol. The molecule has 0 atom stereocenters. The molecule has 0 spiro atoms. The van der Waals surface area contributed by atoms with Crippen LogP contribution in [0, 0.1) is 6.92 Å². The van der Waals surface area contributed by atoms with E-state index >= 15 is 0 Å². The largest absolute Gasteiger partial charge is 0.310 e. The Hall–Kier alpha value is -1.72. The maximum atomic E-state index is 12.0. The summed E-state index contributed by atoms with van der Waals surface area (Å²) in [6.45, 7) is 1.85. The van der Waals surface area contributed by atoms with E-state index in [9.17, 15) is 9.59 Å². The minimum Gasteiger partial charge on any atom is -0.310 e. The average Bonchev–Trinajstić information content (AvgIpc) is 2.48. The highest BCUT2D eigenvalue weighted by Gasteiger charge is 2.11. The minimum absolute atomic E-state index is 0.0905. The average molecular weight is 382 g/mol. The summed E-state index contributed by atoms with van der Waals surface area (Å²) in [5, 5.41) is 3.28. The fraction of sp³-hybridized carbons (Fsp3) is 0.188. The molecule has 0 bridgehead atoms. The molecule has 114 valence electrons. The van der Waals surface area contributed by atoms with Crippen LogP contribution in [0.3, 0.4) is 0 Å². The first kappa shape index (κ1) is 16.6. The molecule has 22 heavy (non-hydrogen) atoms. The van der Waals surface area contributed by atoms with Gasteiger partial charge in [0, 0.05) is 34.1 Å². The number of ketones is 1. The van der Waals surface area contributed by atoms with Crippen LogP contribution in [-0.4, -0.2) is 16.7 Å². The Labute approximate surface area is 142 Å². The van der Waals surface area contributed by atoms with Gasteiger partial charge in [-0.1, -0.05) is 11.6 Å². The van der Waals surface area contributed by atoms with Crippen molar-refractivity contribution in [2.45, 2.75) is 19.8 Å². The van der Waals surface area contributed by atoms with E-state index in [-0.39, 0.29) is 24.5 Å². The molecule has 0 radical (unpaired) electrons. The number of rotatable bonds is 5. The van der Waals surface area contributed by atoms with Crippen molar-refractivity contribution in [1.82, 2.24) is 4.98 Å². The number of benzene rings is 1. The summed E-state index contributed by atoms with van der Waals surface area (Å²) >= 11 is 9.09. The normalized spacial score (nSPS) is 10.3. The summed E-state index contributed by atoms with van der Waals surface area (Å²) in [5.41, 5.74) is 1.40. The van der Waals surface area contributed by atoms with E-state index in [1.54, 1.807) is 30.5 Å². The molecule has 2 rings (SSSR count). The number of aryl methyl sites for hydroxylation is 1. The van der Waals surface area contributed by atoms with Crippen molar-refractivity contribution >= 4 is 45.0 Å². The van der Waals surface area contributed by atoms with Crippen LogP contribution < -0.4 is 5.32 Å². The third kappa shape index (κ3) is 4.64. The number of hydrogen-bond donors (Lipinski definition) is 1. The van der Waals surface area contributed by atoms with Crippen LogP contribution in [0.15, 0.2) is 41.0 Å². The first-order valence-corrected chi connectivity index (χ1v) is 7.83. The van der Waals surface area contributed by atoms with Gasteiger partial charge in [0.1, 0.15) is 5.82 Å². The molecule has 0 saturated carbocycles. The topological polar surface area (TPSA) is 59.1 Å². The lowest BCUT2D eigenvalue weighted by Gasteiger charge is -2.07. The number of aromatic nitrogens is 1. The number of Topliss-reactive ketones (excluding diaryl/α,β-unsaturated/α-hetero) is 1. The quantitative estimate of drug-likeness (QED) is 0.781. The lowest BCUT2D eigenvalue weighted by molar-refractivity contribution is -0.116. The highest BCUT2D eigenvalue weighted by atomic mass is 79.9. The van der Waals surface area contributed by atoms with E-state index in [0.29, 0.717) is 16.4 Å². The van der Waals surface area contributed by atoms with E-state index in [1.165, 1.54) is 0 Å². The Morgan fingerprint density at radius 1 is 1.23 bits per heavy atom. The summed E-state index contributed by atoms with van der Waals surface area (Å²) in [6.07, 6.45) is 1.86. The van der Waals surface area contributed by atoms with Gasteiger partial charge in [-0.3, -0.25) is 9.59 Å². The van der Waals surface area contributed by atoms with Gasteiger partial charge in [-0.2, -0.15) is 0 Å².